The van der Waals surface area contributed by atoms with E-state index in [9.17, 15) is 9.59 Å². The molecule has 0 aliphatic rings. The van der Waals surface area contributed by atoms with E-state index in [0.29, 0.717) is 16.8 Å². The molecular formula is C21H25N3O3S. The van der Waals surface area contributed by atoms with Crippen molar-refractivity contribution in [2.45, 2.75) is 39.2 Å². The van der Waals surface area contributed by atoms with Gasteiger partial charge in [0.25, 0.3) is 5.56 Å². The first-order valence-corrected chi connectivity index (χ1v) is 10.3. The van der Waals surface area contributed by atoms with Crippen molar-refractivity contribution in [1.82, 2.24) is 14.9 Å². The molecular weight excluding hydrogens is 374 g/mol. The number of ether oxygens (including phenoxy) is 1. The number of thiophene rings is 1. The van der Waals surface area contributed by atoms with E-state index in [4.69, 9.17) is 4.74 Å². The van der Waals surface area contributed by atoms with Crippen molar-refractivity contribution in [2.24, 2.45) is 0 Å². The molecule has 0 atom stereocenters. The summed E-state index contributed by atoms with van der Waals surface area (Å²) in [5.74, 6) is 0.623. The molecule has 0 saturated heterocycles. The minimum absolute atomic E-state index is 0.00861. The van der Waals surface area contributed by atoms with Gasteiger partial charge in [0.2, 0.25) is 5.91 Å². The van der Waals surface area contributed by atoms with Crippen LogP contribution in [0.1, 0.15) is 32.6 Å². The van der Waals surface area contributed by atoms with Crippen LogP contribution in [0.3, 0.4) is 0 Å². The van der Waals surface area contributed by atoms with Crippen molar-refractivity contribution in [2.75, 3.05) is 13.7 Å². The molecule has 2 heterocycles. The zero-order valence-electron chi connectivity index (χ0n) is 16.2. The number of aromatic nitrogens is 2. The van der Waals surface area contributed by atoms with Crippen LogP contribution < -0.4 is 15.6 Å². The summed E-state index contributed by atoms with van der Waals surface area (Å²) in [5, 5.41) is 2.87. The number of hydrogen-bond donors (Lipinski definition) is 1. The molecule has 3 rings (SSSR count). The Morgan fingerprint density at radius 3 is 2.71 bits per heavy atom. The maximum absolute atomic E-state index is 12.8. The number of methoxy groups -OCH3 is 1. The molecule has 1 aromatic carbocycles. The lowest BCUT2D eigenvalue weighted by molar-refractivity contribution is -0.121. The zero-order valence-corrected chi connectivity index (χ0v) is 17.1. The van der Waals surface area contributed by atoms with E-state index < -0.39 is 0 Å². The quantitative estimate of drug-likeness (QED) is 0.555. The molecule has 0 fully saturated rings. The smallest absolute Gasteiger partial charge is 0.271 e. The fourth-order valence-corrected chi connectivity index (χ4v) is 4.01. The molecule has 0 spiro atoms. The molecule has 0 unspecified atom stereocenters. The molecule has 7 heteroatoms. The normalized spacial score (nSPS) is 10.9. The van der Waals surface area contributed by atoms with Gasteiger partial charge < -0.3 is 10.1 Å². The van der Waals surface area contributed by atoms with E-state index >= 15 is 0 Å². The van der Waals surface area contributed by atoms with Crippen LogP contribution in [0.2, 0.25) is 0 Å². The Labute approximate surface area is 168 Å². The van der Waals surface area contributed by atoms with Crippen LogP contribution >= 0.6 is 11.3 Å². The van der Waals surface area contributed by atoms with Gasteiger partial charge in [-0.3, -0.25) is 14.2 Å². The van der Waals surface area contributed by atoms with Crippen LogP contribution in [-0.2, 0) is 11.3 Å². The fourth-order valence-electron chi connectivity index (χ4n) is 2.95. The highest BCUT2D eigenvalue weighted by atomic mass is 32.1. The van der Waals surface area contributed by atoms with Gasteiger partial charge >= 0.3 is 0 Å². The van der Waals surface area contributed by atoms with Crippen molar-refractivity contribution in [1.29, 1.82) is 0 Å². The van der Waals surface area contributed by atoms with Crippen molar-refractivity contribution in [3.05, 3.63) is 47.0 Å². The molecule has 148 valence electrons. The van der Waals surface area contributed by atoms with Crippen LogP contribution in [0.4, 0.5) is 0 Å². The first-order chi connectivity index (χ1) is 13.6. The average molecular weight is 400 g/mol. The number of amides is 1. The summed E-state index contributed by atoms with van der Waals surface area (Å²) >= 11 is 1.39. The van der Waals surface area contributed by atoms with Gasteiger partial charge in [0.05, 0.1) is 19.0 Å². The predicted octanol–water partition coefficient (Wildman–Crippen LogP) is 3.83. The maximum atomic E-state index is 12.8. The third kappa shape index (κ3) is 4.78. The van der Waals surface area contributed by atoms with Gasteiger partial charge in [-0.2, -0.15) is 0 Å². The second-order valence-electron chi connectivity index (χ2n) is 6.64. The Bertz CT molecular complexity index is 992. The first-order valence-electron chi connectivity index (χ1n) is 9.52. The SMILES string of the molecule is CCCCCCNC(=O)Cn1cnc2cc(-c3ccc(OC)cc3)sc2c1=O. The van der Waals surface area contributed by atoms with E-state index in [0.717, 1.165) is 35.5 Å². The largest absolute Gasteiger partial charge is 0.497 e. The van der Waals surface area contributed by atoms with Gasteiger partial charge in [0.15, 0.2) is 0 Å². The number of hydrogen-bond acceptors (Lipinski definition) is 5. The maximum Gasteiger partial charge on any atom is 0.271 e. The third-order valence-electron chi connectivity index (χ3n) is 4.54. The number of carbonyl (C=O) groups excluding carboxylic acids is 1. The van der Waals surface area contributed by atoms with Gasteiger partial charge in [0, 0.05) is 11.4 Å². The van der Waals surface area contributed by atoms with E-state index in [1.54, 1.807) is 7.11 Å². The van der Waals surface area contributed by atoms with E-state index in [2.05, 4.69) is 17.2 Å². The van der Waals surface area contributed by atoms with Crippen molar-refractivity contribution < 1.29 is 9.53 Å². The second kappa shape index (κ2) is 9.50. The van der Waals surface area contributed by atoms with E-state index in [-0.39, 0.29) is 18.0 Å². The average Bonchev–Trinajstić information content (AvgIpc) is 3.15. The molecule has 3 aromatic rings. The molecule has 0 saturated carbocycles. The van der Waals surface area contributed by atoms with E-state index in [1.807, 2.05) is 30.3 Å². The zero-order chi connectivity index (χ0) is 19.9. The van der Waals surface area contributed by atoms with Gasteiger partial charge in [-0.25, -0.2) is 4.98 Å². The highest BCUT2D eigenvalue weighted by Gasteiger charge is 2.12. The van der Waals surface area contributed by atoms with Crippen LogP contribution in [0.5, 0.6) is 5.75 Å². The topological polar surface area (TPSA) is 73.2 Å². The number of nitrogens with one attached hydrogen (secondary N) is 1. The number of fused-ring (bicyclic) bond motifs is 1. The second-order valence-corrected chi connectivity index (χ2v) is 7.69. The van der Waals surface area contributed by atoms with E-state index in [1.165, 1.54) is 28.7 Å². The molecule has 1 amide bonds. The standard InChI is InChI=1S/C21H25N3O3S/c1-3-4-5-6-11-22-19(25)13-24-14-23-17-12-18(28-20(17)21(24)26)15-7-9-16(27-2)10-8-15/h7-10,12,14H,3-6,11,13H2,1-2H3,(H,22,25). The van der Waals surface area contributed by atoms with Gasteiger partial charge in [-0.05, 0) is 42.3 Å². The highest BCUT2D eigenvalue weighted by molar-refractivity contribution is 7.22. The van der Waals surface area contributed by atoms with Crippen LogP contribution in [0.25, 0.3) is 20.7 Å². The molecule has 0 bridgehead atoms. The predicted molar refractivity (Wildman–Crippen MR) is 113 cm³/mol. The molecule has 2 aromatic heterocycles. The Morgan fingerprint density at radius 1 is 1.21 bits per heavy atom. The summed E-state index contributed by atoms with van der Waals surface area (Å²) in [5.41, 5.74) is 1.47. The Hall–Kier alpha value is -2.67. The molecule has 28 heavy (non-hydrogen) atoms. The molecule has 0 aliphatic carbocycles. The van der Waals surface area contributed by atoms with Crippen molar-refractivity contribution in [3.8, 4) is 16.2 Å². The van der Waals surface area contributed by atoms with Crippen LogP contribution in [0, 0.1) is 0 Å². The number of rotatable bonds is 9. The number of benzene rings is 1. The van der Waals surface area contributed by atoms with Crippen LogP contribution in [-0.4, -0.2) is 29.1 Å². The van der Waals surface area contributed by atoms with Crippen LogP contribution in [0.15, 0.2) is 41.5 Å². The molecule has 6 nitrogen and oxygen atoms in total. The fraction of sp³-hybridized carbons (Fsp3) is 0.381. The lowest BCUT2D eigenvalue weighted by Crippen LogP contribution is -2.32. The summed E-state index contributed by atoms with van der Waals surface area (Å²) in [6, 6.07) is 9.58. The minimum Gasteiger partial charge on any atom is -0.497 e. The summed E-state index contributed by atoms with van der Waals surface area (Å²) in [6.45, 7) is 2.79. The molecule has 1 N–H and O–H groups in total. The Morgan fingerprint density at radius 2 is 2.00 bits per heavy atom. The van der Waals surface area contributed by atoms with Crippen molar-refractivity contribution >= 4 is 27.5 Å². The van der Waals surface area contributed by atoms with Gasteiger partial charge in [0.1, 0.15) is 17.0 Å². The monoisotopic (exact) mass is 399 g/mol. The summed E-state index contributed by atoms with van der Waals surface area (Å²) in [6.07, 6.45) is 5.85. The minimum atomic E-state index is -0.184. The highest BCUT2D eigenvalue weighted by Crippen LogP contribution is 2.31. The van der Waals surface area contributed by atoms with Gasteiger partial charge in [-0.1, -0.05) is 26.2 Å². The Balaban J connectivity index is 1.72. The lowest BCUT2D eigenvalue weighted by atomic mass is 10.2. The molecule has 0 aliphatic heterocycles. The Kier molecular flexibility index (Phi) is 6.81. The third-order valence-corrected chi connectivity index (χ3v) is 5.71. The first kappa shape index (κ1) is 20.1. The van der Waals surface area contributed by atoms with Gasteiger partial charge in [-0.15, -0.1) is 11.3 Å². The lowest BCUT2D eigenvalue weighted by Gasteiger charge is -2.06. The summed E-state index contributed by atoms with van der Waals surface area (Å²) in [4.78, 5) is 30.2. The number of nitrogens with zero attached hydrogens (tertiary/aromatic N) is 2. The number of unbranched alkanes of at least 4 members (excludes halogenated alkanes) is 3. The number of carbonyl (C=O) groups is 1. The summed E-state index contributed by atoms with van der Waals surface area (Å²) < 4.78 is 7.12. The van der Waals surface area contributed by atoms with Crippen molar-refractivity contribution in [3.63, 3.8) is 0 Å². The molecule has 0 radical (unpaired) electrons. The summed E-state index contributed by atoms with van der Waals surface area (Å²) in [7, 11) is 1.63.